The smallest absolute Gasteiger partial charge is 0.165 e. The second-order valence-electron chi connectivity index (χ2n) is 15.5. The molecule has 0 saturated heterocycles. The van der Waals surface area contributed by atoms with Gasteiger partial charge in [-0.25, -0.2) is 15.0 Å². The maximum absolute atomic E-state index is 5.00. The zero-order valence-corrected chi connectivity index (χ0v) is 33.5. The molecule has 6 heteroatoms. The van der Waals surface area contributed by atoms with E-state index >= 15 is 0 Å². The van der Waals surface area contributed by atoms with E-state index in [0.717, 1.165) is 55.6 Å². The van der Waals surface area contributed by atoms with Gasteiger partial charge in [-0.3, -0.25) is 4.98 Å². The topological polar surface area (TPSA) is 61.4 Å². The number of aromatic nitrogens is 6. The summed E-state index contributed by atoms with van der Waals surface area (Å²) in [5.74, 6) is 1.81. The number of fused-ring (bicyclic) bond motifs is 6. The summed E-state index contributed by atoms with van der Waals surface area (Å²) in [6, 6.07) is 72.5. The summed E-state index contributed by atoms with van der Waals surface area (Å²) in [6.07, 6.45) is 3.78. The lowest BCUT2D eigenvalue weighted by Crippen LogP contribution is -2.00. The normalized spacial score (nSPS) is 11.5. The molecular formula is C56H36N6. The molecule has 0 aliphatic heterocycles. The molecule has 62 heavy (non-hydrogen) atoms. The van der Waals surface area contributed by atoms with Crippen molar-refractivity contribution in [2.75, 3.05) is 0 Å². The average Bonchev–Trinajstić information content (AvgIpc) is 3.88. The van der Waals surface area contributed by atoms with Gasteiger partial charge in [-0.15, -0.1) is 0 Å². The highest BCUT2D eigenvalue weighted by Crippen LogP contribution is 2.41. The fourth-order valence-corrected chi connectivity index (χ4v) is 9.09. The lowest BCUT2D eigenvalue weighted by molar-refractivity contribution is 1.07. The number of hydrogen-bond donors (Lipinski definition) is 0. The van der Waals surface area contributed by atoms with Crippen LogP contribution in [0.2, 0.25) is 0 Å². The molecule has 0 saturated carbocycles. The Morgan fingerprint density at radius 2 is 0.710 bits per heavy atom. The molecule has 4 heterocycles. The van der Waals surface area contributed by atoms with Crippen LogP contribution in [0.1, 0.15) is 0 Å². The lowest BCUT2D eigenvalue weighted by Gasteiger charge is -2.12. The molecule has 0 bridgehead atoms. The van der Waals surface area contributed by atoms with Crippen LogP contribution in [-0.2, 0) is 0 Å². The Morgan fingerprint density at radius 1 is 0.290 bits per heavy atom. The quantitative estimate of drug-likeness (QED) is 0.161. The molecule has 4 aromatic heterocycles. The number of para-hydroxylation sites is 3. The first-order valence-electron chi connectivity index (χ1n) is 20.8. The van der Waals surface area contributed by atoms with E-state index in [0.29, 0.717) is 17.5 Å². The van der Waals surface area contributed by atoms with Gasteiger partial charge >= 0.3 is 0 Å². The van der Waals surface area contributed by atoms with Crippen LogP contribution in [0.5, 0.6) is 0 Å². The summed E-state index contributed by atoms with van der Waals surface area (Å²) in [4.78, 5) is 19.7. The number of nitrogens with zero attached hydrogens (tertiary/aromatic N) is 6. The minimum absolute atomic E-state index is 0.571. The van der Waals surface area contributed by atoms with Gasteiger partial charge in [0.15, 0.2) is 17.5 Å². The zero-order valence-electron chi connectivity index (χ0n) is 33.5. The maximum atomic E-state index is 5.00. The summed E-state index contributed by atoms with van der Waals surface area (Å²) < 4.78 is 4.75. The van der Waals surface area contributed by atoms with E-state index in [1.54, 1.807) is 0 Å². The summed E-state index contributed by atoms with van der Waals surface area (Å²) >= 11 is 0. The van der Waals surface area contributed by atoms with Gasteiger partial charge in [-0.1, -0.05) is 152 Å². The fourth-order valence-electron chi connectivity index (χ4n) is 9.09. The van der Waals surface area contributed by atoms with Crippen molar-refractivity contribution >= 4 is 43.6 Å². The van der Waals surface area contributed by atoms with Gasteiger partial charge in [0, 0.05) is 67.6 Å². The molecule has 8 aromatic carbocycles. The van der Waals surface area contributed by atoms with E-state index in [1.165, 1.54) is 38.3 Å². The van der Waals surface area contributed by atoms with Crippen molar-refractivity contribution < 1.29 is 0 Å². The molecule has 0 radical (unpaired) electrons. The standard InChI is InChI=1S/C56H36N6/c1-4-16-38(17-5-1)54-58-55(39-18-6-2-7-19-39)60-56(59-54)41-34-40(35-57-36-41)45-25-15-29-51-53(45)47-23-11-13-27-49(47)62(51)43-32-30-37(31-33-43)44-24-14-28-50-52(44)46-22-10-12-26-48(46)61(50)42-20-8-3-9-21-42/h1-36H. The van der Waals surface area contributed by atoms with Crippen LogP contribution in [0.3, 0.4) is 0 Å². The van der Waals surface area contributed by atoms with Crippen LogP contribution in [-0.4, -0.2) is 29.1 Å². The van der Waals surface area contributed by atoms with E-state index in [1.807, 2.05) is 73.1 Å². The van der Waals surface area contributed by atoms with E-state index < -0.39 is 0 Å². The van der Waals surface area contributed by atoms with Crippen molar-refractivity contribution in [3.05, 3.63) is 219 Å². The van der Waals surface area contributed by atoms with Gasteiger partial charge in [-0.05, 0) is 71.3 Å². The summed E-state index contributed by atoms with van der Waals surface area (Å²) in [7, 11) is 0. The Morgan fingerprint density at radius 3 is 1.26 bits per heavy atom. The first-order chi connectivity index (χ1) is 30.8. The zero-order chi connectivity index (χ0) is 41.0. The van der Waals surface area contributed by atoms with Crippen LogP contribution in [0.4, 0.5) is 0 Å². The predicted octanol–water partition coefficient (Wildman–Crippen LogP) is 13.8. The number of benzene rings is 8. The van der Waals surface area contributed by atoms with Crippen LogP contribution in [0.15, 0.2) is 219 Å². The molecule has 0 N–H and O–H groups in total. The molecule has 0 spiro atoms. The first-order valence-corrected chi connectivity index (χ1v) is 20.8. The minimum atomic E-state index is 0.571. The number of pyridine rings is 1. The van der Waals surface area contributed by atoms with Gasteiger partial charge in [0.1, 0.15) is 0 Å². The first kappa shape index (κ1) is 35.5. The Bertz CT molecular complexity index is 3550. The third kappa shape index (κ3) is 5.88. The summed E-state index contributed by atoms with van der Waals surface area (Å²) in [6.45, 7) is 0. The molecule has 12 rings (SSSR count). The molecule has 290 valence electrons. The molecule has 0 unspecified atom stereocenters. The molecule has 0 aliphatic rings. The van der Waals surface area contributed by atoms with Crippen molar-refractivity contribution in [1.29, 1.82) is 0 Å². The Balaban J connectivity index is 0.975. The Hall–Kier alpha value is -8.48. The van der Waals surface area contributed by atoms with Crippen LogP contribution in [0.25, 0.3) is 111 Å². The minimum Gasteiger partial charge on any atom is -0.309 e. The van der Waals surface area contributed by atoms with Crippen molar-refractivity contribution in [1.82, 2.24) is 29.1 Å². The predicted molar refractivity (Wildman–Crippen MR) is 253 cm³/mol. The third-order valence-corrected chi connectivity index (χ3v) is 11.9. The summed E-state index contributed by atoms with van der Waals surface area (Å²) in [5, 5.41) is 4.82. The molecule has 12 aromatic rings. The van der Waals surface area contributed by atoms with Gasteiger partial charge in [0.2, 0.25) is 0 Å². The average molecular weight is 793 g/mol. The molecular weight excluding hydrogens is 757 g/mol. The van der Waals surface area contributed by atoms with Gasteiger partial charge in [0.25, 0.3) is 0 Å². The van der Waals surface area contributed by atoms with E-state index in [-0.39, 0.29) is 0 Å². The lowest BCUT2D eigenvalue weighted by atomic mass is 9.99. The summed E-state index contributed by atoms with van der Waals surface area (Å²) in [5.41, 5.74) is 14.0. The van der Waals surface area contributed by atoms with Gasteiger partial charge in [0.05, 0.1) is 22.1 Å². The maximum Gasteiger partial charge on any atom is 0.165 e. The van der Waals surface area contributed by atoms with Crippen LogP contribution < -0.4 is 0 Å². The molecule has 0 atom stereocenters. The second kappa shape index (κ2) is 14.7. The van der Waals surface area contributed by atoms with Gasteiger partial charge in [-0.2, -0.15) is 0 Å². The highest BCUT2D eigenvalue weighted by atomic mass is 15.0. The Kier molecular flexibility index (Phi) is 8.38. The van der Waals surface area contributed by atoms with E-state index in [2.05, 4.69) is 155 Å². The monoisotopic (exact) mass is 792 g/mol. The SMILES string of the molecule is c1ccc(-c2nc(-c3ccccc3)nc(-c3cncc(-c4cccc5c4c4ccccc4n5-c4ccc(-c5cccc6c5c5ccccc5n6-c5ccccc5)cc4)c3)n2)cc1. The third-order valence-electron chi connectivity index (χ3n) is 11.9. The van der Waals surface area contributed by atoms with E-state index in [9.17, 15) is 0 Å². The molecule has 0 amide bonds. The van der Waals surface area contributed by atoms with E-state index in [4.69, 9.17) is 19.9 Å². The number of rotatable bonds is 7. The largest absolute Gasteiger partial charge is 0.309 e. The molecule has 0 fully saturated rings. The number of hydrogen-bond acceptors (Lipinski definition) is 4. The van der Waals surface area contributed by atoms with Crippen molar-refractivity contribution in [2.45, 2.75) is 0 Å². The van der Waals surface area contributed by atoms with Crippen LogP contribution in [0, 0.1) is 0 Å². The Labute approximate surface area is 357 Å². The molecule has 0 aliphatic carbocycles. The van der Waals surface area contributed by atoms with Crippen LogP contribution >= 0.6 is 0 Å². The van der Waals surface area contributed by atoms with Crippen molar-refractivity contribution in [2.24, 2.45) is 0 Å². The van der Waals surface area contributed by atoms with Crippen molar-refractivity contribution in [3.63, 3.8) is 0 Å². The highest BCUT2D eigenvalue weighted by molar-refractivity contribution is 6.17. The fraction of sp³-hybridized carbons (Fsp3) is 0. The highest BCUT2D eigenvalue weighted by Gasteiger charge is 2.20. The van der Waals surface area contributed by atoms with Gasteiger partial charge < -0.3 is 9.13 Å². The molecule has 6 nitrogen and oxygen atoms in total. The second-order valence-corrected chi connectivity index (χ2v) is 15.5. The van der Waals surface area contributed by atoms with Crippen molar-refractivity contribution in [3.8, 4) is 67.8 Å².